The van der Waals surface area contributed by atoms with Crippen LogP contribution in [0.2, 0.25) is 18.1 Å². The van der Waals surface area contributed by atoms with Crippen LogP contribution in [0.5, 0.6) is 0 Å². The monoisotopic (exact) mass is 547 g/mol. The molecule has 1 aliphatic heterocycles. The van der Waals surface area contributed by atoms with E-state index in [1.807, 2.05) is 0 Å². The Morgan fingerprint density at radius 1 is 1.18 bits per heavy atom. The SMILES string of the molecule is COC1C(O[Si](C)(C)C(C)(C)C)[C@](CO)(CNC2C(=O)c3ccccc3C2O)O[C@H]1n1ccc(=O)[nH]c1=O. The first-order chi connectivity index (χ1) is 17.8. The molecular weight excluding hydrogens is 510 g/mol. The lowest BCUT2D eigenvalue weighted by Gasteiger charge is -2.43. The number of aliphatic hydroxyl groups is 2. The van der Waals surface area contributed by atoms with Crippen LogP contribution in [0.1, 0.15) is 49.0 Å². The van der Waals surface area contributed by atoms with Crippen molar-refractivity contribution in [3.63, 3.8) is 0 Å². The van der Waals surface area contributed by atoms with E-state index in [9.17, 15) is 24.6 Å². The molecule has 4 N–H and O–H groups in total. The minimum absolute atomic E-state index is 0.0846. The second-order valence-corrected chi connectivity index (χ2v) is 16.3. The predicted octanol–water partition coefficient (Wildman–Crippen LogP) is 1.09. The molecule has 0 bridgehead atoms. The number of hydrogen-bond donors (Lipinski definition) is 4. The molecule has 2 aromatic rings. The Morgan fingerprint density at radius 2 is 1.87 bits per heavy atom. The molecule has 0 radical (unpaired) electrons. The zero-order valence-corrected chi connectivity index (χ0v) is 23.6. The summed E-state index contributed by atoms with van der Waals surface area (Å²) >= 11 is 0. The summed E-state index contributed by atoms with van der Waals surface area (Å²) in [5.74, 6) is -0.266. The molecule has 2 heterocycles. The first-order valence-electron chi connectivity index (χ1n) is 12.6. The summed E-state index contributed by atoms with van der Waals surface area (Å²) < 4.78 is 20.2. The highest BCUT2D eigenvalue weighted by atomic mass is 28.4. The zero-order valence-electron chi connectivity index (χ0n) is 22.6. The highest BCUT2D eigenvalue weighted by Crippen LogP contribution is 2.45. The third-order valence-corrected chi connectivity index (χ3v) is 12.6. The second-order valence-electron chi connectivity index (χ2n) is 11.5. The number of aromatic nitrogens is 2. The number of fused-ring (bicyclic) bond motifs is 1. The molecule has 12 heteroatoms. The maximum atomic E-state index is 13.1. The molecule has 4 unspecified atom stereocenters. The summed E-state index contributed by atoms with van der Waals surface area (Å²) in [5.41, 5.74) is -1.75. The zero-order chi connectivity index (χ0) is 28.0. The fourth-order valence-electron chi connectivity index (χ4n) is 4.86. The Labute approximate surface area is 221 Å². The topological polar surface area (TPSA) is 152 Å². The van der Waals surface area contributed by atoms with E-state index in [-0.39, 0.29) is 17.4 Å². The van der Waals surface area contributed by atoms with Gasteiger partial charge in [-0.05, 0) is 23.7 Å². The molecule has 1 aromatic heterocycles. The van der Waals surface area contributed by atoms with E-state index >= 15 is 0 Å². The van der Waals surface area contributed by atoms with Crippen LogP contribution in [-0.2, 0) is 13.9 Å². The van der Waals surface area contributed by atoms with Gasteiger partial charge < -0.3 is 29.4 Å². The number of methoxy groups -OCH3 is 1. The Balaban J connectivity index is 1.72. The average Bonchev–Trinajstić information content (AvgIpc) is 3.28. The van der Waals surface area contributed by atoms with Gasteiger partial charge in [0.25, 0.3) is 5.56 Å². The number of ketones is 1. The van der Waals surface area contributed by atoms with E-state index < -0.39 is 62.4 Å². The van der Waals surface area contributed by atoms with E-state index in [2.05, 4.69) is 44.2 Å². The number of ether oxygens (including phenoxy) is 2. The quantitative estimate of drug-likeness (QED) is 0.356. The Bertz CT molecular complexity index is 1300. The van der Waals surface area contributed by atoms with Crippen molar-refractivity contribution in [2.75, 3.05) is 20.3 Å². The average molecular weight is 548 g/mol. The summed E-state index contributed by atoms with van der Waals surface area (Å²) in [5, 5.41) is 24.6. The number of aromatic amines is 1. The molecule has 0 amide bonds. The van der Waals surface area contributed by atoms with E-state index in [1.165, 1.54) is 23.9 Å². The molecule has 2 aliphatic rings. The summed E-state index contributed by atoms with van der Waals surface area (Å²) in [6.45, 7) is 9.71. The fraction of sp³-hybridized carbons (Fsp3) is 0.577. The lowest BCUT2D eigenvalue weighted by atomic mass is 9.95. The molecule has 1 aliphatic carbocycles. The lowest BCUT2D eigenvalue weighted by Crippen LogP contribution is -2.60. The van der Waals surface area contributed by atoms with Crippen LogP contribution in [0.4, 0.5) is 0 Å². The predicted molar refractivity (Wildman–Crippen MR) is 142 cm³/mol. The Morgan fingerprint density at radius 3 is 2.45 bits per heavy atom. The maximum absolute atomic E-state index is 13.1. The molecule has 11 nitrogen and oxygen atoms in total. The van der Waals surface area contributed by atoms with Crippen LogP contribution >= 0.6 is 0 Å². The van der Waals surface area contributed by atoms with Crippen molar-refractivity contribution >= 4 is 14.1 Å². The van der Waals surface area contributed by atoms with Gasteiger partial charge in [-0.25, -0.2) is 4.79 Å². The van der Waals surface area contributed by atoms with Gasteiger partial charge in [0.05, 0.1) is 6.61 Å². The first-order valence-corrected chi connectivity index (χ1v) is 15.5. The normalized spacial score (nSPS) is 29.6. The van der Waals surface area contributed by atoms with Crippen molar-refractivity contribution in [1.29, 1.82) is 0 Å². The van der Waals surface area contributed by atoms with Gasteiger partial charge in [-0.2, -0.15) is 0 Å². The van der Waals surface area contributed by atoms with Crippen molar-refractivity contribution in [2.45, 2.75) is 75.1 Å². The fourth-order valence-corrected chi connectivity index (χ4v) is 6.19. The minimum atomic E-state index is -2.49. The lowest BCUT2D eigenvalue weighted by molar-refractivity contribution is -0.126. The second kappa shape index (κ2) is 10.3. The van der Waals surface area contributed by atoms with Crippen molar-refractivity contribution in [1.82, 2.24) is 14.9 Å². The van der Waals surface area contributed by atoms with Gasteiger partial charge >= 0.3 is 5.69 Å². The van der Waals surface area contributed by atoms with Crippen LogP contribution < -0.4 is 16.6 Å². The number of aliphatic hydroxyl groups excluding tert-OH is 2. The number of benzene rings is 1. The molecule has 0 saturated carbocycles. The number of H-pyrrole nitrogens is 1. The van der Waals surface area contributed by atoms with Crippen molar-refractivity contribution < 1.29 is 28.9 Å². The van der Waals surface area contributed by atoms with Gasteiger partial charge in [-0.15, -0.1) is 0 Å². The van der Waals surface area contributed by atoms with Crippen LogP contribution in [-0.4, -0.2) is 78.0 Å². The highest BCUT2D eigenvalue weighted by Gasteiger charge is 2.59. The van der Waals surface area contributed by atoms with Gasteiger partial charge in [0, 0.05) is 31.5 Å². The number of nitrogens with one attached hydrogen (secondary N) is 2. The smallest absolute Gasteiger partial charge is 0.330 e. The van der Waals surface area contributed by atoms with E-state index in [1.54, 1.807) is 24.3 Å². The van der Waals surface area contributed by atoms with Gasteiger partial charge in [0.2, 0.25) is 0 Å². The van der Waals surface area contributed by atoms with Gasteiger partial charge in [-0.3, -0.25) is 19.1 Å². The highest BCUT2D eigenvalue weighted by molar-refractivity contribution is 6.74. The number of rotatable bonds is 8. The van der Waals surface area contributed by atoms with Crippen LogP contribution in [0, 0.1) is 0 Å². The van der Waals surface area contributed by atoms with Gasteiger partial charge in [0.1, 0.15) is 30.0 Å². The minimum Gasteiger partial charge on any atom is -0.408 e. The molecule has 0 spiro atoms. The van der Waals surface area contributed by atoms with Crippen LogP contribution in [0.3, 0.4) is 0 Å². The molecule has 1 saturated heterocycles. The maximum Gasteiger partial charge on any atom is 0.330 e. The Kier molecular flexibility index (Phi) is 7.71. The summed E-state index contributed by atoms with van der Waals surface area (Å²) in [6.07, 6.45) is -2.52. The van der Waals surface area contributed by atoms with Crippen molar-refractivity contribution in [2.24, 2.45) is 0 Å². The summed E-state index contributed by atoms with van der Waals surface area (Å²) in [4.78, 5) is 39.7. The summed E-state index contributed by atoms with van der Waals surface area (Å²) in [6, 6.07) is 7.11. The molecular formula is C26H37N3O8Si. The molecule has 208 valence electrons. The number of carbonyl (C=O) groups is 1. The number of hydrogen-bond acceptors (Lipinski definition) is 9. The number of Topliss-reactive ketones (excluding diaryl/α,β-unsaturated/α-hetero) is 1. The third kappa shape index (κ3) is 4.86. The third-order valence-electron chi connectivity index (χ3n) is 8.11. The van der Waals surface area contributed by atoms with Crippen molar-refractivity contribution in [3.8, 4) is 0 Å². The number of nitrogens with zero attached hydrogens (tertiary/aromatic N) is 1. The van der Waals surface area contributed by atoms with Crippen molar-refractivity contribution in [3.05, 3.63) is 68.5 Å². The van der Waals surface area contributed by atoms with Crippen LogP contribution in [0.25, 0.3) is 0 Å². The largest absolute Gasteiger partial charge is 0.408 e. The summed E-state index contributed by atoms with van der Waals surface area (Å²) in [7, 11) is -1.03. The molecule has 38 heavy (non-hydrogen) atoms. The molecule has 6 atom stereocenters. The molecule has 1 fully saturated rings. The van der Waals surface area contributed by atoms with E-state index in [0.29, 0.717) is 11.1 Å². The molecule has 4 rings (SSSR count). The molecule has 1 aromatic carbocycles. The van der Waals surface area contributed by atoms with Crippen LogP contribution in [0.15, 0.2) is 46.1 Å². The van der Waals surface area contributed by atoms with Gasteiger partial charge in [-0.1, -0.05) is 45.0 Å². The standard InChI is InChI=1S/C26H37N3O8Si/c1-25(2,3)38(5,6)37-22-21(35-4)23(29-12-11-17(31)28-24(29)34)36-26(22,14-30)13-27-18-19(32)15-9-7-8-10-16(15)20(18)33/h7-12,18-19,21-23,27,30,32H,13-14H2,1-6H3,(H,28,31,34)/t18?,19?,21?,22?,23-,26-/m1/s1. The van der Waals surface area contributed by atoms with E-state index in [0.717, 1.165) is 0 Å². The van der Waals surface area contributed by atoms with E-state index in [4.69, 9.17) is 13.9 Å². The van der Waals surface area contributed by atoms with Gasteiger partial charge in [0.15, 0.2) is 20.3 Å². The first kappa shape index (κ1) is 28.6. The number of carbonyl (C=O) groups excluding carboxylic acids is 1. The Hall–Kier alpha value is -2.45.